The molecule has 5 heteroatoms. The number of carbonyl (C=O) groups excluding carboxylic acids is 1. The molecule has 1 rings (SSSR count). The fourth-order valence-corrected chi connectivity index (χ4v) is 1.86. The molecule has 0 radical (unpaired) electrons. The van der Waals surface area contributed by atoms with Crippen LogP contribution in [0, 0.1) is 0 Å². The monoisotopic (exact) mass is 276 g/mol. The van der Waals surface area contributed by atoms with Crippen LogP contribution in [0.3, 0.4) is 0 Å². The number of nitrogens with one attached hydrogen (secondary N) is 1. The Labute approximate surface area is 120 Å². The van der Waals surface area contributed by atoms with Crippen LogP contribution < -0.4 is 16.8 Å². The van der Waals surface area contributed by atoms with Crippen molar-refractivity contribution in [2.24, 2.45) is 16.5 Å². The first kappa shape index (κ1) is 16.0. The number of hydrogen-bond acceptors (Lipinski definition) is 2. The predicted molar refractivity (Wildman–Crippen MR) is 82.3 cm³/mol. The second-order valence-corrected chi connectivity index (χ2v) is 4.70. The Morgan fingerprint density at radius 3 is 2.55 bits per heavy atom. The quantitative estimate of drug-likeness (QED) is 0.359. The number of hydrogen-bond donors (Lipinski definition) is 3. The standard InChI is InChI=1S/C15H24N4O/c16-15(17)19-11-6-2-5-9-14(20)18-12-10-13-7-3-1-4-8-13/h1,3-4,7-8H,2,5-6,9-12H2,(H,18,20)(H4,16,17,19). The Balaban J connectivity index is 1.99. The zero-order chi connectivity index (χ0) is 14.6. The summed E-state index contributed by atoms with van der Waals surface area (Å²) in [6.45, 7) is 1.33. The van der Waals surface area contributed by atoms with Gasteiger partial charge in [0, 0.05) is 19.5 Å². The van der Waals surface area contributed by atoms with Gasteiger partial charge in [-0.2, -0.15) is 0 Å². The molecule has 0 unspecified atom stereocenters. The van der Waals surface area contributed by atoms with Crippen molar-refractivity contribution in [2.75, 3.05) is 13.1 Å². The van der Waals surface area contributed by atoms with Gasteiger partial charge in [-0.25, -0.2) is 0 Å². The number of benzene rings is 1. The molecule has 0 aliphatic heterocycles. The topological polar surface area (TPSA) is 93.5 Å². The number of carbonyl (C=O) groups is 1. The molecule has 0 saturated heterocycles. The van der Waals surface area contributed by atoms with Crippen LogP contribution in [0.4, 0.5) is 0 Å². The molecule has 5 nitrogen and oxygen atoms in total. The van der Waals surface area contributed by atoms with Crippen LogP contribution in [0.25, 0.3) is 0 Å². The SMILES string of the molecule is NC(N)=NCCCCCC(=O)NCCc1ccccc1. The van der Waals surface area contributed by atoms with Crippen molar-refractivity contribution in [1.29, 1.82) is 0 Å². The van der Waals surface area contributed by atoms with Crippen molar-refractivity contribution in [3.8, 4) is 0 Å². The highest BCUT2D eigenvalue weighted by Crippen LogP contribution is 2.01. The Bertz CT molecular complexity index is 413. The van der Waals surface area contributed by atoms with E-state index in [0.29, 0.717) is 19.5 Å². The van der Waals surface area contributed by atoms with Gasteiger partial charge in [0.1, 0.15) is 0 Å². The number of amides is 1. The molecule has 0 aliphatic rings. The van der Waals surface area contributed by atoms with Gasteiger partial charge in [-0.05, 0) is 24.8 Å². The average molecular weight is 276 g/mol. The molecule has 1 aromatic carbocycles. The van der Waals surface area contributed by atoms with E-state index in [0.717, 1.165) is 25.7 Å². The van der Waals surface area contributed by atoms with E-state index in [1.54, 1.807) is 0 Å². The summed E-state index contributed by atoms with van der Waals surface area (Å²) in [6, 6.07) is 10.1. The molecule has 0 heterocycles. The van der Waals surface area contributed by atoms with Gasteiger partial charge in [0.2, 0.25) is 5.91 Å². The first-order chi connectivity index (χ1) is 9.68. The fourth-order valence-electron chi connectivity index (χ4n) is 1.86. The minimum absolute atomic E-state index is 0.114. The lowest BCUT2D eigenvalue weighted by atomic mass is 10.1. The molecular formula is C15H24N4O. The van der Waals surface area contributed by atoms with E-state index >= 15 is 0 Å². The van der Waals surface area contributed by atoms with Crippen molar-refractivity contribution in [1.82, 2.24) is 5.32 Å². The Hall–Kier alpha value is -2.04. The molecule has 110 valence electrons. The van der Waals surface area contributed by atoms with Gasteiger partial charge in [-0.3, -0.25) is 9.79 Å². The largest absolute Gasteiger partial charge is 0.370 e. The molecule has 0 spiro atoms. The minimum atomic E-state index is 0.114. The van der Waals surface area contributed by atoms with E-state index in [9.17, 15) is 4.79 Å². The van der Waals surface area contributed by atoms with Crippen molar-refractivity contribution in [3.63, 3.8) is 0 Å². The number of nitrogens with two attached hydrogens (primary N) is 2. The molecule has 0 aliphatic carbocycles. The number of rotatable bonds is 9. The highest BCUT2D eigenvalue weighted by molar-refractivity contribution is 5.76. The molecule has 0 bridgehead atoms. The summed E-state index contributed by atoms with van der Waals surface area (Å²) in [5.41, 5.74) is 11.7. The minimum Gasteiger partial charge on any atom is -0.370 e. The summed E-state index contributed by atoms with van der Waals surface area (Å²) in [5.74, 6) is 0.242. The van der Waals surface area contributed by atoms with Crippen molar-refractivity contribution in [3.05, 3.63) is 35.9 Å². The Morgan fingerprint density at radius 1 is 1.10 bits per heavy atom. The first-order valence-electron chi connectivity index (χ1n) is 7.04. The maximum atomic E-state index is 11.6. The van der Waals surface area contributed by atoms with Crippen molar-refractivity contribution < 1.29 is 4.79 Å². The Morgan fingerprint density at radius 2 is 1.85 bits per heavy atom. The zero-order valence-electron chi connectivity index (χ0n) is 11.8. The van der Waals surface area contributed by atoms with Crippen LogP contribution >= 0.6 is 0 Å². The lowest BCUT2D eigenvalue weighted by Crippen LogP contribution is -2.25. The van der Waals surface area contributed by atoms with Crippen LogP contribution in [0.1, 0.15) is 31.2 Å². The third kappa shape index (κ3) is 8.13. The smallest absolute Gasteiger partial charge is 0.220 e. The van der Waals surface area contributed by atoms with E-state index in [1.165, 1.54) is 5.56 Å². The van der Waals surface area contributed by atoms with Crippen LogP contribution in [-0.2, 0) is 11.2 Å². The highest BCUT2D eigenvalue weighted by atomic mass is 16.1. The molecule has 0 atom stereocenters. The zero-order valence-corrected chi connectivity index (χ0v) is 11.8. The van der Waals surface area contributed by atoms with E-state index < -0.39 is 0 Å². The highest BCUT2D eigenvalue weighted by Gasteiger charge is 2.00. The Kier molecular flexibility index (Phi) is 7.87. The summed E-state index contributed by atoms with van der Waals surface area (Å²) in [6.07, 6.45) is 4.18. The maximum Gasteiger partial charge on any atom is 0.220 e. The van der Waals surface area contributed by atoms with E-state index in [2.05, 4.69) is 22.4 Å². The van der Waals surface area contributed by atoms with Crippen LogP contribution in [-0.4, -0.2) is 25.0 Å². The average Bonchev–Trinajstić information content (AvgIpc) is 2.43. The second kappa shape index (κ2) is 9.83. The summed E-state index contributed by atoms with van der Waals surface area (Å²) in [4.78, 5) is 15.5. The van der Waals surface area contributed by atoms with Gasteiger partial charge in [0.15, 0.2) is 5.96 Å². The number of aliphatic imine (C=N–C) groups is 1. The predicted octanol–water partition coefficient (Wildman–Crippen LogP) is 1.18. The molecular weight excluding hydrogens is 252 g/mol. The molecule has 0 aromatic heterocycles. The second-order valence-electron chi connectivity index (χ2n) is 4.70. The van der Waals surface area contributed by atoms with Crippen molar-refractivity contribution in [2.45, 2.75) is 32.1 Å². The summed E-state index contributed by atoms with van der Waals surface area (Å²) in [7, 11) is 0. The number of nitrogens with zero attached hydrogens (tertiary/aromatic N) is 1. The third-order valence-corrected chi connectivity index (χ3v) is 2.93. The van der Waals surface area contributed by atoms with Crippen molar-refractivity contribution >= 4 is 11.9 Å². The van der Waals surface area contributed by atoms with Gasteiger partial charge in [-0.15, -0.1) is 0 Å². The van der Waals surface area contributed by atoms with Gasteiger partial charge < -0.3 is 16.8 Å². The van der Waals surface area contributed by atoms with Crippen LogP contribution in [0.15, 0.2) is 35.3 Å². The molecule has 5 N–H and O–H groups in total. The summed E-state index contributed by atoms with van der Waals surface area (Å²) >= 11 is 0. The van der Waals surface area contributed by atoms with Crippen LogP contribution in [0.5, 0.6) is 0 Å². The molecule has 1 aromatic rings. The molecule has 0 saturated carbocycles. The maximum absolute atomic E-state index is 11.6. The normalized spacial score (nSPS) is 10.0. The molecule has 1 amide bonds. The van der Waals surface area contributed by atoms with Crippen LogP contribution in [0.2, 0.25) is 0 Å². The lowest BCUT2D eigenvalue weighted by molar-refractivity contribution is -0.121. The molecule has 0 fully saturated rings. The third-order valence-electron chi connectivity index (χ3n) is 2.93. The summed E-state index contributed by atoms with van der Waals surface area (Å²) < 4.78 is 0. The number of guanidine groups is 1. The number of unbranched alkanes of at least 4 members (excludes halogenated alkanes) is 2. The summed E-state index contributed by atoms with van der Waals surface area (Å²) in [5, 5.41) is 2.93. The molecule has 20 heavy (non-hydrogen) atoms. The van der Waals surface area contributed by atoms with E-state index in [4.69, 9.17) is 11.5 Å². The van der Waals surface area contributed by atoms with Gasteiger partial charge in [-0.1, -0.05) is 36.8 Å². The first-order valence-corrected chi connectivity index (χ1v) is 7.04. The fraction of sp³-hybridized carbons (Fsp3) is 0.467. The lowest BCUT2D eigenvalue weighted by Gasteiger charge is -2.05. The van der Waals surface area contributed by atoms with Gasteiger partial charge in [0.05, 0.1) is 0 Å². The van der Waals surface area contributed by atoms with Gasteiger partial charge in [0.25, 0.3) is 0 Å². The van der Waals surface area contributed by atoms with Gasteiger partial charge >= 0.3 is 0 Å². The van der Waals surface area contributed by atoms with E-state index in [-0.39, 0.29) is 11.9 Å². The van der Waals surface area contributed by atoms with E-state index in [1.807, 2.05) is 18.2 Å².